The van der Waals surface area contributed by atoms with Gasteiger partial charge in [0.25, 0.3) is 0 Å². The van der Waals surface area contributed by atoms with E-state index in [1.54, 1.807) is 18.3 Å². The number of H-pyrrole nitrogens is 1. The van der Waals surface area contributed by atoms with Crippen LogP contribution >= 0.6 is 0 Å². The fraction of sp³-hybridized carbons (Fsp3) is 0.318. The maximum atomic E-state index is 11.5. The van der Waals surface area contributed by atoms with Crippen LogP contribution in [-0.2, 0) is 4.79 Å². The summed E-state index contributed by atoms with van der Waals surface area (Å²) in [7, 11) is 0. The Balaban J connectivity index is 1.57. The molecule has 0 unspecified atom stereocenters. The van der Waals surface area contributed by atoms with Crippen molar-refractivity contribution in [3.05, 3.63) is 49.2 Å². The fourth-order valence-corrected chi connectivity index (χ4v) is 3.55. The van der Waals surface area contributed by atoms with Crippen LogP contribution in [0.2, 0.25) is 0 Å². The zero-order valence-electron chi connectivity index (χ0n) is 16.6. The van der Waals surface area contributed by atoms with Gasteiger partial charge in [-0.3, -0.25) is 14.8 Å². The molecule has 150 valence electrons. The molecular weight excluding hydrogens is 368 g/mol. The second kappa shape index (κ2) is 7.33. The molecule has 0 atom stereocenters. The number of hydrogen-bond donors (Lipinski definition) is 2. The first kappa shape index (κ1) is 19.1. The van der Waals surface area contributed by atoms with Gasteiger partial charge in [-0.05, 0) is 44.2 Å². The van der Waals surface area contributed by atoms with Crippen molar-refractivity contribution in [2.75, 3.05) is 19.6 Å². The first-order valence-electron chi connectivity index (χ1n) is 9.56. The average molecular weight is 392 g/mol. The maximum absolute atomic E-state index is 11.5. The molecule has 0 bridgehead atoms. The zero-order valence-corrected chi connectivity index (χ0v) is 16.6. The zero-order chi connectivity index (χ0) is 20.6. The Kier molecular flexibility index (Phi) is 4.84. The molecule has 1 saturated heterocycles. The topological polar surface area (TPSA) is 91.3 Å². The lowest BCUT2D eigenvalue weighted by Crippen LogP contribution is -2.58. The molecular formula is C22H24N4O3. The van der Waals surface area contributed by atoms with E-state index in [4.69, 9.17) is 4.74 Å². The Morgan fingerprint density at radius 3 is 2.79 bits per heavy atom. The number of phenolic OH excluding ortho intramolecular Hbond substituents is 1. The number of fused-ring (bicyclic) bond motifs is 1. The monoisotopic (exact) mass is 392 g/mol. The number of pyridine rings is 1. The lowest BCUT2D eigenvalue weighted by molar-refractivity contribution is -0.119. The average Bonchev–Trinajstić information content (AvgIpc) is 3.13. The summed E-state index contributed by atoms with van der Waals surface area (Å²) < 4.78 is 6.46. The molecule has 1 aromatic carbocycles. The molecule has 7 nitrogen and oxygen atoms in total. The molecule has 2 N–H and O–H groups in total. The summed E-state index contributed by atoms with van der Waals surface area (Å²) in [5, 5.41) is 17.4. The van der Waals surface area contributed by atoms with Crippen molar-refractivity contribution < 1.29 is 14.6 Å². The first-order valence-corrected chi connectivity index (χ1v) is 9.56. The molecule has 2 aromatic heterocycles. The minimum absolute atomic E-state index is 0.0370. The number of carbonyl (C=O) groups excluding carboxylic acids is 1. The van der Waals surface area contributed by atoms with E-state index in [-0.39, 0.29) is 11.5 Å². The standard InChI is InChI=1S/C22H24N4O3/c1-4-16(27)13-26-11-15(12-26)22(2,3)29-20-9-19(14-5-7-17(28)8-6-14)24-21-18(20)10-23-25-21/h4-10,15,28H,1,11-13H2,2-3H3,(H,23,24,25). The van der Waals surface area contributed by atoms with Crippen molar-refractivity contribution in [2.45, 2.75) is 19.4 Å². The van der Waals surface area contributed by atoms with Gasteiger partial charge in [0.05, 0.1) is 23.8 Å². The van der Waals surface area contributed by atoms with Crippen LogP contribution in [0.25, 0.3) is 22.3 Å². The van der Waals surface area contributed by atoms with Gasteiger partial charge in [-0.2, -0.15) is 5.10 Å². The Labute approximate surface area is 169 Å². The van der Waals surface area contributed by atoms with E-state index in [1.165, 1.54) is 6.08 Å². The minimum atomic E-state index is -0.425. The number of phenols is 1. The summed E-state index contributed by atoms with van der Waals surface area (Å²) in [6, 6.07) is 8.80. The van der Waals surface area contributed by atoms with Crippen molar-refractivity contribution in [3.8, 4) is 22.8 Å². The maximum Gasteiger partial charge on any atom is 0.169 e. The third-order valence-corrected chi connectivity index (χ3v) is 5.47. The van der Waals surface area contributed by atoms with E-state index >= 15 is 0 Å². The smallest absolute Gasteiger partial charge is 0.169 e. The van der Waals surface area contributed by atoms with Crippen molar-refractivity contribution in [1.82, 2.24) is 20.1 Å². The number of ether oxygens (including phenoxy) is 1. The number of carbonyl (C=O) groups is 1. The molecule has 0 radical (unpaired) electrons. The van der Waals surface area contributed by atoms with Crippen LogP contribution in [0.5, 0.6) is 11.5 Å². The summed E-state index contributed by atoms with van der Waals surface area (Å²) in [5.41, 5.74) is 1.83. The third-order valence-electron chi connectivity index (χ3n) is 5.47. The van der Waals surface area contributed by atoms with Crippen LogP contribution in [-0.4, -0.2) is 56.2 Å². The van der Waals surface area contributed by atoms with Crippen molar-refractivity contribution >= 4 is 16.8 Å². The molecule has 29 heavy (non-hydrogen) atoms. The second-order valence-corrected chi connectivity index (χ2v) is 7.95. The number of rotatable bonds is 7. The van der Waals surface area contributed by atoms with Crippen molar-refractivity contribution in [3.63, 3.8) is 0 Å². The van der Waals surface area contributed by atoms with Gasteiger partial charge in [0.2, 0.25) is 0 Å². The number of aromatic nitrogens is 3. The Hall–Kier alpha value is -3.19. The number of nitrogens with one attached hydrogen (secondary N) is 1. The Morgan fingerprint density at radius 1 is 1.38 bits per heavy atom. The Bertz CT molecular complexity index is 1050. The molecule has 1 fully saturated rings. The van der Waals surface area contributed by atoms with E-state index < -0.39 is 5.60 Å². The summed E-state index contributed by atoms with van der Waals surface area (Å²) in [4.78, 5) is 18.3. The van der Waals surface area contributed by atoms with Gasteiger partial charge in [-0.15, -0.1) is 0 Å². The van der Waals surface area contributed by atoms with Gasteiger partial charge in [0.15, 0.2) is 11.4 Å². The van der Waals surface area contributed by atoms with E-state index in [0.717, 1.165) is 29.7 Å². The molecule has 0 amide bonds. The number of nitrogens with zero attached hydrogens (tertiary/aromatic N) is 3. The number of ketones is 1. The molecule has 1 aliphatic rings. The molecule has 3 heterocycles. The molecule has 0 aliphatic carbocycles. The molecule has 7 heteroatoms. The summed E-state index contributed by atoms with van der Waals surface area (Å²) >= 11 is 0. The highest BCUT2D eigenvalue weighted by molar-refractivity contribution is 5.90. The predicted octanol–water partition coefficient (Wildman–Crippen LogP) is 3.17. The van der Waals surface area contributed by atoms with E-state index in [1.807, 2.05) is 18.2 Å². The van der Waals surface area contributed by atoms with Gasteiger partial charge < -0.3 is 9.84 Å². The number of aromatic hydroxyl groups is 1. The normalized spacial score (nSPS) is 15.2. The highest BCUT2D eigenvalue weighted by atomic mass is 16.5. The summed E-state index contributed by atoms with van der Waals surface area (Å²) in [6.45, 7) is 9.67. The van der Waals surface area contributed by atoms with Crippen LogP contribution in [0.4, 0.5) is 0 Å². The molecule has 3 aromatic rings. The van der Waals surface area contributed by atoms with Crippen LogP contribution in [0.15, 0.2) is 49.2 Å². The first-order chi connectivity index (χ1) is 13.9. The minimum Gasteiger partial charge on any atom is -0.508 e. The van der Waals surface area contributed by atoms with E-state index in [0.29, 0.717) is 23.9 Å². The molecule has 4 rings (SSSR count). The van der Waals surface area contributed by atoms with Crippen LogP contribution in [0.1, 0.15) is 13.8 Å². The van der Waals surface area contributed by atoms with E-state index in [2.05, 4.69) is 40.5 Å². The number of hydrogen-bond acceptors (Lipinski definition) is 6. The highest BCUT2D eigenvalue weighted by Crippen LogP contribution is 2.36. The Morgan fingerprint density at radius 2 is 2.10 bits per heavy atom. The van der Waals surface area contributed by atoms with Gasteiger partial charge >= 0.3 is 0 Å². The lowest BCUT2D eigenvalue weighted by Gasteiger charge is -2.47. The van der Waals surface area contributed by atoms with Gasteiger partial charge in [0.1, 0.15) is 17.1 Å². The summed E-state index contributed by atoms with van der Waals surface area (Å²) in [5.74, 6) is 1.25. The number of aromatic amines is 1. The van der Waals surface area contributed by atoms with Crippen LogP contribution in [0, 0.1) is 5.92 Å². The fourth-order valence-electron chi connectivity index (χ4n) is 3.55. The molecule has 1 aliphatic heterocycles. The van der Waals surface area contributed by atoms with Crippen LogP contribution in [0.3, 0.4) is 0 Å². The van der Waals surface area contributed by atoms with Crippen LogP contribution < -0.4 is 4.74 Å². The van der Waals surface area contributed by atoms with Gasteiger partial charge in [-0.25, -0.2) is 4.98 Å². The predicted molar refractivity (Wildman–Crippen MR) is 111 cm³/mol. The van der Waals surface area contributed by atoms with Crippen molar-refractivity contribution in [1.29, 1.82) is 0 Å². The summed E-state index contributed by atoms with van der Waals surface area (Å²) in [6.07, 6.45) is 3.08. The lowest BCUT2D eigenvalue weighted by atomic mass is 9.84. The van der Waals surface area contributed by atoms with Crippen molar-refractivity contribution in [2.24, 2.45) is 5.92 Å². The van der Waals surface area contributed by atoms with Gasteiger partial charge in [0, 0.05) is 30.6 Å². The largest absolute Gasteiger partial charge is 0.508 e. The number of likely N-dealkylation sites (tertiary alicyclic amines) is 1. The SMILES string of the molecule is C=CC(=O)CN1CC(C(C)(C)Oc2cc(-c3ccc(O)cc3)nc3[nH]ncc23)C1. The highest BCUT2D eigenvalue weighted by Gasteiger charge is 2.41. The molecule has 0 spiro atoms. The number of benzene rings is 1. The quantitative estimate of drug-likeness (QED) is 0.600. The van der Waals surface area contributed by atoms with Gasteiger partial charge in [-0.1, -0.05) is 6.58 Å². The molecule has 0 saturated carbocycles. The van der Waals surface area contributed by atoms with E-state index in [9.17, 15) is 9.90 Å². The third kappa shape index (κ3) is 3.86. The second-order valence-electron chi connectivity index (χ2n) is 7.95.